The monoisotopic (exact) mass is 479 g/mol. The third-order valence-electron chi connectivity index (χ3n) is 5.93. The number of carbonyl (C=O) groups is 1. The average molecular weight is 480 g/mol. The number of aromatic nitrogens is 1. The van der Waals surface area contributed by atoms with Crippen molar-refractivity contribution in [1.29, 1.82) is 0 Å². The first kappa shape index (κ1) is 24.0. The Morgan fingerprint density at radius 1 is 1.21 bits per heavy atom. The number of hydrogen-bond acceptors (Lipinski definition) is 5. The highest BCUT2D eigenvalue weighted by atomic mass is 35.5. The van der Waals surface area contributed by atoms with Crippen molar-refractivity contribution >= 4 is 23.6 Å². The van der Waals surface area contributed by atoms with E-state index in [1.54, 1.807) is 18.4 Å². The van der Waals surface area contributed by atoms with Crippen LogP contribution < -0.4 is 4.74 Å². The van der Waals surface area contributed by atoms with Crippen molar-refractivity contribution in [3.05, 3.63) is 88.8 Å². The van der Waals surface area contributed by atoms with Crippen molar-refractivity contribution < 1.29 is 14.1 Å². The van der Waals surface area contributed by atoms with E-state index in [1.807, 2.05) is 47.4 Å². The molecule has 1 aromatic heterocycles. The molecule has 0 saturated carbocycles. The third-order valence-corrected chi connectivity index (χ3v) is 6.27. The van der Waals surface area contributed by atoms with Crippen LogP contribution in [0.2, 0.25) is 5.02 Å². The first-order chi connectivity index (χ1) is 16.6. The fraction of sp³-hybridized carbons (Fsp3) is 0.333. The van der Waals surface area contributed by atoms with E-state index in [0.29, 0.717) is 24.1 Å². The van der Waals surface area contributed by atoms with E-state index in [2.05, 4.69) is 29.2 Å². The molecule has 1 amide bonds. The molecule has 1 fully saturated rings. The number of benzene rings is 2. The zero-order chi connectivity index (χ0) is 23.8. The largest absolute Gasteiger partial charge is 0.493 e. The molecule has 178 valence electrons. The van der Waals surface area contributed by atoms with E-state index >= 15 is 0 Å². The predicted molar refractivity (Wildman–Crippen MR) is 133 cm³/mol. The summed E-state index contributed by atoms with van der Waals surface area (Å²) in [6.07, 6.45) is 7.03. The van der Waals surface area contributed by atoms with Gasteiger partial charge < -0.3 is 14.2 Å². The van der Waals surface area contributed by atoms with Crippen LogP contribution in [0.1, 0.15) is 29.7 Å². The van der Waals surface area contributed by atoms with Gasteiger partial charge in [-0.15, -0.1) is 0 Å². The maximum absolute atomic E-state index is 12.7. The smallest absolute Gasteiger partial charge is 0.246 e. The van der Waals surface area contributed by atoms with Gasteiger partial charge in [-0.1, -0.05) is 47.1 Å². The Kier molecular flexibility index (Phi) is 8.39. The van der Waals surface area contributed by atoms with Crippen molar-refractivity contribution in [3.63, 3.8) is 0 Å². The van der Waals surface area contributed by atoms with E-state index in [9.17, 15) is 4.79 Å². The summed E-state index contributed by atoms with van der Waals surface area (Å²) in [5, 5.41) is 4.60. The normalized spacial score (nSPS) is 16.3. The van der Waals surface area contributed by atoms with Crippen molar-refractivity contribution in [1.82, 2.24) is 15.0 Å². The third kappa shape index (κ3) is 6.95. The molecule has 3 aromatic rings. The van der Waals surface area contributed by atoms with E-state index in [4.69, 9.17) is 20.9 Å². The van der Waals surface area contributed by atoms with E-state index < -0.39 is 0 Å². The fourth-order valence-electron chi connectivity index (χ4n) is 4.15. The van der Waals surface area contributed by atoms with Crippen LogP contribution in [0.25, 0.3) is 6.08 Å². The number of ether oxygens (including phenoxy) is 1. The summed E-state index contributed by atoms with van der Waals surface area (Å²) < 4.78 is 10.9. The second-order valence-corrected chi connectivity index (χ2v) is 9.17. The molecule has 2 aromatic carbocycles. The van der Waals surface area contributed by atoms with Crippen molar-refractivity contribution in [2.75, 3.05) is 26.7 Å². The molecule has 1 atom stereocenters. The molecule has 2 heterocycles. The number of hydrogen-bond donors (Lipinski definition) is 0. The molecule has 0 bridgehead atoms. The van der Waals surface area contributed by atoms with Crippen LogP contribution in [0, 0.1) is 5.92 Å². The van der Waals surface area contributed by atoms with Crippen LogP contribution in [0.5, 0.6) is 5.75 Å². The Hall–Kier alpha value is -3.09. The van der Waals surface area contributed by atoms with Gasteiger partial charge in [-0.05, 0) is 55.3 Å². The lowest BCUT2D eigenvalue weighted by Gasteiger charge is -2.32. The highest BCUT2D eigenvalue weighted by Crippen LogP contribution is 2.21. The maximum Gasteiger partial charge on any atom is 0.246 e. The second-order valence-electron chi connectivity index (χ2n) is 8.77. The number of piperidine rings is 1. The molecule has 0 spiro atoms. The van der Waals surface area contributed by atoms with Gasteiger partial charge in [0.25, 0.3) is 0 Å². The van der Waals surface area contributed by atoms with Crippen LogP contribution in [0.3, 0.4) is 0 Å². The summed E-state index contributed by atoms with van der Waals surface area (Å²) in [7, 11) is 2.05. The molecule has 1 aliphatic heterocycles. The zero-order valence-electron chi connectivity index (χ0n) is 19.4. The molecule has 4 rings (SSSR count). The van der Waals surface area contributed by atoms with Gasteiger partial charge in [-0.3, -0.25) is 9.69 Å². The first-order valence-electron chi connectivity index (χ1n) is 11.6. The summed E-state index contributed by atoms with van der Waals surface area (Å²) in [5.41, 5.74) is 2.97. The topological polar surface area (TPSA) is 58.8 Å². The Bertz CT molecular complexity index is 1080. The molecule has 6 nitrogen and oxygen atoms in total. The van der Waals surface area contributed by atoms with Gasteiger partial charge in [0.1, 0.15) is 12.0 Å². The summed E-state index contributed by atoms with van der Waals surface area (Å²) in [5.74, 6) is 1.19. The standard InChI is InChI=1S/C27H30ClN3O3/c1-30(19-24-14-16-34-29-24)17-21-8-11-25(12-9-21)33-20-22-5-4-15-31(18-22)27(32)13-10-23-6-2-3-7-26(23)28/h2-3,6-14,16,22H,4-5,15,17-20H2,1H3/b13-10+/t22-/m0/s1. The van der Waals surface area contributed by atoms with Gasteiger partial charge in [0.05, 0.1) is 12.3 Å². The molecular formula is C27H30ClN3O3. The number of likely N-dealkylation sites (tertiary alicyclic amines) is 1. The minimum atomic E-state index is 0.0173. The molecule has 0 aliphatic carbocycles. The molecule has 34 heavy (non-hydrogen) atoms. The summed E-state index contributed by atoms with van der Waals surface area (Å²) >= 11 is 6.18. The van der Waals surface area contributed by atoms with Gasteiger partial charge in [0.2, 0.25) is 5.91 Å². The van der Waals surface area contributed by atoms with Crippen LogP contribution in [-0.4, -0.2) is 47.6 Å². The highest BCUT2D eigenvalue weighted by molar-refractivity contribution is 6.32. The van der Waals surface area contributed by atoms with Gasteiger partial charge in [0.15, 0.2) is 0 Å². The second kappa shape index (κ2) is 11.9. The van der Waals surface area contributed by atoms with Gasteiger partial charge in [0, 0.05) is 49.3 Å². The molecular weight excluding hydrogens is 450 g/mol. The number of amides is 1. The average Bonchev–Trinajstić information content (AvgIpc) is 3.36. The summed E-state index contributed by atoms with van der Waals surface area (Å²) in [6.45, 7) is 3.63. The Morgan fingerprint density at radius 3 is 2.79 bits per heavy atom. The number of rotatable bonds is 9. The van der Waals surface area contributed by atoms with E-state index in [-0.39, 0.29) is 5.91 Å². The molecule has 1 saturated heterocycles. The molecule has 0 unspecified atom stereocenters. The number of carbonyl (C=O) groups excluding carboxylic acids is 1. The predicted octanol–water partition coefficient (Wildman–Crippen LogP) is 5.29. The molecule has 0 N–H and O–H groups in total. The van der Waals surface area contributed by atoms with Crippen LogP contribution in [0.4, 0.5) is 0 Å². The lowest BCUT2D eigenvalue weighted by atomic mass is 9.99. The van der Waals surface area contributed by atoms with Gasteiger partial charge in [-0.2, -0.15) is 0 Å². The van der Waals surface area contributed by atoms with Crippen LogP contribution in [0.15, 0.2) is 71.5 Å². The first-order valence-corrected chi connectivity index (χ1v) is 12.0. The highest BCUT2D eigenvalue weighted by Gasteiger charge is 2.23. The molecule has 1 aliphatic rings. The quantitative estimate of drug-likeness (QED) is 0.390. The lowest BCUT2D eigenvalue weighted by Crippen LogP contribution is -2.40. The van der Waals surface area contributed by atoms with Crippen molar-refractivity contribution in [2.45, 2.75) is 25.9 Å². The number of halogens is 1. The summed E-state index contributed by atoms with van der Waals surface area (Å²) in [6, 6.07) is 17.6. The lowest BCUT2D eigenvalue weighted by molar-refractivity contribution is -0.127. The van der Waals surface area contributed by atoms with Crippen LogP contribution >= 0.6 is 11.6 Å². The van der Waals surface area contributed by atoms with Gasteiger partial charge >= 0.3 is 0 Å². The Labute approximate surface area is 205 Å². The Balaban J connectivity index is 1.23. The van der Waals surface area contributed by atoms with E-state index in [0.717, 1.165) is 49.5 Å². The van der Waals surface area contributed by atoms with Crippen molar-refractivity contribution in [2.24, 2.45) is 5.92 Å². The van der Waals surface area contributed by atoms with E-state index in [1.165, 1.54) is 5.56 Å². The minimum absolute atomic E-state index is 0.0173. The molecule has 0 radical (unpaired) electrons. The Morgan fingerprint density at radius 2 is 2.03 bits per heavy atom. The zero-order valence-corrected chi connectivity index (χ0v) is 20.2. The minimum Gasteiger partial charge on any atom is -0.493 e. The summed E-state index contributed by atoms with van der Waals surface area (Å²) in [4.78, 5) is 16.8. The van der Waals surface area contributed by atoms with Gasteiger partial charge in [-0.25, -0.2) is 0 Å². The number of nitrogens with zero attached hydrogens (tertiary/aromatic N) is 3. The SMILES string of the molecule is CN(Cc1ccc(OC[C@H]2CCCN(C(=O)/C=C/c3ccccc3Cl)C2)cc1)Cc1ccon1. The molecule has 7 heteroatoms. The van der Waals surface area contributed by atoms with Crippen LogP contribution in [-0.2, 0) is 17.9 Å². The maximum atomic E-state index is 12.7. The van der Waals surface area contributed by atoms with Crippen molar-refractivity contribution in [3.8, 4) is 5.75 Å². The fourth-order valence-corrected chi connectivity index (χ4v) is 4.35.